The molecular formula is C13H22. The normalized spacial score (nSPS) is 16.8. The van der Waals surface area contributed by atoms with Crippen molar-refractivity contribution in [3.8, 4) is 0 Å². The lowest BCUT2D eigenvalue weighted by Gasteiger charge is -2.13. The molecule has 1 aliphatic carbocycles. The van der Waals surface area contributed by atoms with Crippen molar-refractivity contribution in [2.24, 2.45) is 0 Å². The highest BCUT2D eigenvalue weighted by atomic mass is 14.1. The van der Waals surface area contributed by atoms with E-state index in [1.807, 2.05) is 0 Å². The third-order valence-electron chi connectivity index (χ3n) is 2.88. The Labute approximate surface area is 82.7 Å². The van der Waals surface area contributed by atoms with Crippen LogP contribution in [0.5, 0.6) is 0 Å². The summed E-state index contributed by atoms with van der Waals surface area (Å²) < 4.78 is 0. The summed E-state index contributed by atoms with van der Waals surface area (Å²) in [7, 11) is 0. The molecule has 13 heavy (non-hydrogen) atoms. The first-order valence-corrected chi connectivity index (χ1v) is 5.74. The van der Waals surface area contributed by atoms with Crippen molar-refractivity contribution in [3.63, 3.8) is 0 Å². The summed E-state index contributed by atoms with van der Waals surface area (Å²) in [5.74, 6) is 0. The fourth-order valence-electron chi connectivity index (χ4n) is 1.83. The molecule has 0 spiro atoms. The molecular weight excluding hydrogens is 156 g/mol. The van der Waals surface area contributed by atoms with Crippen molar-refractivity contribution in [1.82, 2.24) is 0 Å². The van der Waals surface area contributed by atoms with Crippen LogP contribution >= 0.6 is 0 Å². The van der Waals surface area contributed by atoms with Gasteiger partial charge >= 0.3 is 0 Å². The van der Waals surface area contributed by atoms with Gasteiger partial charge in [0.1, 0.15) is 0 Å². The molecule has 0 fully saturated rings. The van der Waals surface area contributed by atoms with Crippen molar-refractivity contribution in [3.05, 3.63) is 23.3 Å². The Balaban J connectivity index is 2.28. The number of rotatable bonds is 5. The van der Waals surface area contributed by atoms with E-state index in [0.29, 0.717) is 0 Å². The Morgan fingerprint density at radius 3 is 2.23 bits per heavy atom. The largest absolute Gasteiger partial charge is 0.0702 e. The van der Waals surface area contributed by atoms with Gasteiger partial charge in [-0.25, -0.2) is 0 Å². The SMILES string of the molecule is CCCCCC1=CC=C(CC)CC1. The highest BCUT2D eigenvalue weighted by molar-refractivity contribution is 5.23. The van der Waals surface area contributed by atoms with E-state index in [9.17, 15) is 0 Å². The quantitative estimate of drug-likeness (QED) is 0.539. The van der Waals surface area contributed by atoms with Gasteiger partial charge in [0.15, 0.2) is 0 Å². The third kappa shape index (κ3) is 3.80. The van der Waals surface area contributed by atoms with Crippen LogP contribution in [0.3, 0.4) is 0 Å². The standard InChI is InChI=1S/C13H22/c1-3-5-6-7-13-10-8-12(4-2)9-11-13/h8,10H,3-7,9,11H2,1-2H3. The lowest BCUT2D eigenvalue weighted by Crippen LogP contribution is -1.93. The molecule has 0 saturated heterocycles. The van der Waals surface area contributed by atoms with Crippen molar-refractivity contribution in [2.45, 2.75) is 58.8 Å². The van der Waals surface area contributed by atoms with E-state index in [2.05, 4.69) is 26.0 Å². The summed E-state index contributed by atoms with van der Waals surface area (Å²) in [6.45, 7) is 4.52. The summed E-state index contributed by atoms with van der Waals surface area (Å²) in [5, 5.41) is 0. The van der Waals surface area contributed by atoms with E-state index < -0.39 is 0 Å². The van der Waals surface area contributed by atoms with Crippen molar-refractivity contribution in [1.29, 1.82) is 0 Å². The van der Waals surface area contributed by atoms with Crippen LogP contribution in [0.1, 0.15) is 58.8 Å². The Morgan fingerprint density at radius 2 is 1.69 bits per heavy atom. The molecule has 0 bridgehead atoms. The van der Waals surface area contributed by atoms with Gasteiger partial charge in [-0.05, 0) is 32.1 Å². The average molecular weight is 178 g/mol. The minimum Gasteiger partial charge on any atom is -0.0702 e. The molecule has 0 saturated carbocycles. The van der Waals surface area contributed by atoms with Crippen LogP contribution in [0, 0.1) is 0 Å². The lowest BCUT2D eigenvalue weighted by molar-refractivity contribution is 0.687. The molecule has 0 amide bonds. The first-order valence-electron chi connectivity index (χ1n) is 5.74. The van der Waals surface area contributed by atoms with Gasteiger partial charge in [-0.15, -0.1) is 0 Å². The predicted molar refractivity (Wildman–Crippen MR) is 59.8 cm³/mol. The monoisotopic (exact) mass is 178 g/mol. The first kappa shape index (κ1) is 10.6. The number of hydrogen-bond acceptors (Lipinski definition) is 0. The van der Waals surface area contributed by atoms with Crippen LogP contribution in [0.25, 0.3) is 0 Å². The molecule has 0 atom stereocenters. The van der Waals surface area contributed by atoms with Gasteiger partial charge < -0.3 is 0 Å². The Morgan fingerprint density at radius 1 is 1.00 bits per heavy atom. The average Bonchev–Trinajstić information content (AvgIpc) is 2.19. The van der Waals surface area contributed by atoms with Crippen LogP contribution in [0.15, 0.2) is 23.3 Å². The van der Waals surface area contributed by atoms with Gasteiger partial charge in [-0.1, -0.05) is 50.0 Å². The summed E-state index contributed by atoms with van der Waals surface area (Å²) in [6, 6.07) is 0. The molecule has 0 radical (unpaired) electrons. The van der Waals surface area contributed by atoms with E-state index in [1.165, 1.54) is 44.9 Å². The van der Waals surface area contributed by atoms with E-state index in [4.69, 9.17) is 0 Å². The van der Waals surface area contributed by atoms with Crippen LogP contribution < -0.4 is 0 Å². The second kappa shape index (κ2) is 6.01. The van der Waals surface area contributed by atoms with Crippen LogP contribution in [-0.4, -0.2) is 0 Å². The van der Waals surface area contributed by atoms with Crippen LogP contribution in [0.4, 0.5) is 0 Å². The Bertz CT molecular complexity index is 196. The van der Waals surface area contributed by atoms with E-state index in [1.54, 1.807) is 11.1 Å². The van der Waals surface area contributed by atoms with Gasteiger partial charge in [0.2, 0.25) is 0 Å². The molecule has 0 nitrogen and oxygen atoms in total. The molecule has 0 heteroatoms. The van der Waals surface area contributed by atoms with E-state index in [-0.39, 0.29) is 0 Å². The molecule has 0 unspecified atom stereocenters. The highest BCUT2D eigenvalue weighted by Gasteiger charge is 2.04. The fraction of sp³-hybridized carbons (Fsp3) is 0.692. The summed E-state index contributed by atoms with van der Waals surface area (Å²) in [4.78, 5) is 0. The smallest absolute Gasteiger partial charge is 0.0280 e. The van der Waals surface area contributed by atoms with Gasteiger partial charge in [-0.3, -0.25) is 0 Å². The molecule has 0 heterocycles. The van der Waals surface area contributed by atoms with Crippen LogP contribution in [0.2, 0.25) is 0 Å². The van der Waals surface area contributed by atoms with Gasteiger partial charge in [0, 0.05) is 0 Å². The fourth-order valence-corrected chi connectivity index (χ4v) is 1.83. The molecule has 0 aliphatic heterocycles. The van der Waals surface area contributed by atoms with Crippen molar-refractivity contribution >= 4 is 0 Å². The van der Waals surface area contributed by atoms with Crippen LogP contribution in [-0.2, 0) is 0 Å². The van der Waals surface area contributed by atoms with Gasteiger partial charge in [-0.2, -0.15) is 0 Å². The van der Waals surface area contributed by atoms with Crippen molar-refractivity contribution < 1.29 is 0 Å². The predicted octanol–water partition coefficient (Wildman–Crippen LogP) is 4.62. The number of unbranched alkanes of at least 4 members (excludes halogenated alkanes) is 2. The topological polar surface area (TPSA) is 0 Å². The van der Waals surface area contributed by atoms with Gasteiger partial charge in [0.25, 0.3) is 0 Å². The molecule has 0 aromatic carbocycles. The molecule has 74 valence electrons. The number of hydrogen-bond donors (Lipinski definition) is 0. The highest BCUT2D eigenvalue weighted by Crippen LogP contribution is 2.23. The summed E-state index contributed by atoms with van der Waals surface area (Å²) in [5.41, 5.74) is 3.30. The minimum absolute atomic E-state index is 1.23. The molecule has 0 N–H and O–H groups in total. The molecule has 1 aliphatic rings. The summed E-state index contributed by atoms with van der Waals surface area (Å²) >= 11 is 0. The zero-order valence-electron chi connectivity index (χ0n) is 9.10. The Hall–Kier alpha value is -0.520. The zero-order valence-corrected chi connectivity index (χ0v) is 9.10. The second-order valence-corrected chi connectivity index (χ2v) is 3.96. The van der Waals surface area contributed by atoms with E-state index in [0.717, 1.165) is 0 Å². The summed E-state index contributed by atoms with van der Waals surface area (Å²) in [6.07, 6.45) is 14.0. The molecule has 1 rings (SSSR count). The van der Waals surface area contributed by atoms with Crippen molar-refractivity contribution in [2.75, 3.05) is 0 Å². The molecule has 0 aromatic heterocycles. The Kier molecular flexibility index (Phi) is 4.88. The zero-order chi connectivity index (χ0) is 9.52. The third-order valence-corrected chi connectivity index (χ3v) is 2.88. The maximum absolute atomic E-state index is 2.36. The maximum Gasteiger partial charge on any atom is -0.0280 e. The van der Waals surface area contributed by atoms with E-state index >= 15 is 0 Å². The first-order chi connectivity index (χ1) is 6.36. The number of allylic oxidation sites excluding steroid dienone is 4. The second-order valence-electron chi connectivity index (χ2n) is 3.96. The maximum atomic E-state index is 2.36. The lowest BCUT2D eigenvalue weighted by atomic mass is 9.93. The van der Waals surface area contributed by atoms with Gasteiger partial charge in [0.05, 0.1) is 0 Å². The molecule has 0 aromatic rings. The minimum atomic E-state index is 1.23.